The molecule has 1 fully saturated rings. The Morgan fingerprint density at radius 2 is 2.23 bits per heavy atom. The maximum absolute atomic E-state index is 12.8. The molecule has 0 spiro atoms. The number of halogens is 2. The van der Waals surface area contributed by atoms with Crippen molar-refractivity contribution in [3.63, 3.8) is 0 Å². The monoisotopic (exact) mass is 199 g/mol. The van der Waals surface area contributed by atoms with Gasteiger partial charge in [0.15, 0.2) is 0 Å². The molecule has 0 aliphatic carbocycles. The van der Waals surface area contributed by atoms with Crippen LogP contribution in [-0.2, 0) is 0 Å². The van der Waals surface area contributed by atoms with Gasteiger partial charge in [0.05, 0.1) is 5.02 Å². The molecular formula is C10H11ClFN. The maximum Gasteiger partial charge on any atom is 0.141 e. The summed E-state index contributed by atoms with van der Waals surface area (Å²) in [6.07, 6.45) is 1.10. The largest absolute Gasteiger partial charge is 0.307 e. The Balaban J connectivity index is 2.18. The van der Waals surface area contributed by atoms with Gasteiger partial charge in [0.2, 0.25) is 0 Å². The zero-order valence-corrected chi connectivity index (χ0v) is 8.11. The summed E-state index contributed by atoms with van der Waals surface area (Å²) in [4.78, 5) is 0. The van der Waals surface area contributed by atoms with Crippen LogP contribution in [0, 0.1) is 5.82 Å². The highest BCUT2D eigenvalue weighted by atomic mass is 35.5. The van der Waals surface area contributed by atoms with Crippen molar-refractivity contribution >= 4 is 11.6 Å². The first-order chi connectivity index (χ1) is 6.16. The van der Waals surface area contributed by atoms with Gasteiger partial charge in [-0.05, 0) is 31.0 Å². The molecule has 3 heteroatoms. The zero-order chi connectivity index (χ0) is 9.42. The average Bonchev–Trinajstić information content (AvgIpc) is 2.05. The second-order valence-corrected chi connectivity index (χ2v) is 3.94. The number of benzene rings is 1. The maximum atomic E-state index is 12.8. The summed E-state index contributed by atoms with van der Waals surface area (Å²) in [6, 6.07) is 5.81. The number of rotatable bonds is 1. The number of hydrogen-bond acceptors (Lipinski definition) is 1. The van der Waals surface area contributed by atoms with Gasteiger partial charge in [0.1, 0.15) is 5.82 Å². The summed E-state index contributed by atoms with van der Waals surface area (Å²) in [7, 11) is 0. The van der Waals surface area contributed by atoms with Crippen molar-refractivity contribution < 1.29 is 4.39 Å². The van der Waals surface area contributed by atoms with E-state index in [0.29, 0.717) is 12.1 Å². The Hall–Kier alpha value is -0.600. The van der Waals surface area contributed by atoms with Crippen LogP contribution < -0.4 is 5.32 Å². The summed E-state index contributed by atoms with van der Waals surface area (Å²) in [5, 5.41) is 3.53. The first-order valence-electron chi connectivity index (χ1n) is 4.38. The van der Waals surface area contributed by atoms with Gasteiger partial charge >= 0.3 is 0 Å². The van der Waals surface area contributed by atoms with Crippen LogP contribution in [-0.4, -0.2) is 6.04 Å². The van der Waals surface area contributed by atoms with Crippen LogP contribution in [0.3, 0.4) is 0 Å². The second-order valence-electron chi connectivity index (χ2n) is 3.53. The standard InChI is InChI=1S/C10H11ClFN/c1-6-4-10(13-6)7-2-3-9(12)8(11)5-7/h2-3,5-6,10,13H,4H2,1H3. The molecule has 2 rings (SSSR count). The van der Waals surface area contributed by atoms with E-state index in [2.05, 4.69) is 12.2 Å². The molecule has 1 nitrogen and oxygen atoms in total. The molecular weight excluding hydrogens is 189 g/mol. The van der Waals surface area contributed by atoms with E-state index in [0.717, 1.165) is 12.0 Å². The summed E-state index contributed by atoms with van der Waals surface area (Å²) in [5.74, 6) is -0.349. The van der Waals surface area contributed by atoms with E-state index in [1.807, 2.05) is 0 Å². The normalized spacial score (nSPS) is 27.0. The summed E-state index contributed by atoms with van der Waals surface area (Å²) in [5.41, 5.74) is 1.07. The molecule has 2 unspecified atom stereocenters. The third-order valence-corrected chi connectivity index (χ3v) is 2.71. The van der Waals surface area contributed by atoms with Crippen LogP contribution >= 0.6 is 11.6 Å². The quantitative estimate of drug-likeness (QED) is 0.734. The lowest BCUT2D eigenvalue weighted by Crippen LogP contribution is -2.43. The third kappa shape index (κ3) is 1.69. The number of hydrogen-bond donors (Lipinski definition) is 1. The fraction of sp³-hybridized carbons (Fsp3) is 0.400. The van der Waals surface area contributed by atoms with E-state index in [4.69, 9.17) is 11.6 Å². The van der Waals surface area contributed by atoms with E-state index in [1.54, 1.807) is 12.1 Å². The molecule has 0 aromatic heterocycles. The van der Waals surface area contributed by atoms with Crippen molar-refractivity contribution in [3.05, 3.63) is 34.6 Å². The van der Waals surface area contributed by atoms with Gasteiger partial charge in [-0.1, -0.05) is 17.7 Å². The summed E-state index contributed by atoms with van der Waals surface area (Å²) < 4.78 is 12.8. The first kappa shape index (κ1) is 8.97. The van der Waals surface area contributed by atoms with Gasteiger partial charge in [0.25, 0.3) is 0 Å². The molecule has 70 valence electrons. The second kappa shape index (κ2) is 3.28. The highest BCUT2D eigenvalue weighted by Crippen LogP contribution is 2.29. The molecule has 0 radical (unpaired) electrons. The van der Waals surface area contributed by atoms with Crippen molar-refractivity contribution in [2.75, 3.05) is 0 Å². The average molecular weight is 200 g/mol. The molecule has 1 saturated heterocycles. The van der Waals surface area contributed by atoms with Gasteiger partial charge in [-0.25, -0.2) is 4.39 Å². The molecule has 1 aliphatic heterocycles. The van der Waals surface area contributed by atoms with Gasteiger partial charge in [-0.15, -0.1) is 0 Å². The molecule has 13 heavy (non-hydrogen) atoms. The van der Waals surface area contributed by atoms with E-state index in [1.165, 1.54) is 6.07 Å². The minimum Gasteiger partial charge on any atom is -0.307 e. The summed E-state index contributed by atoms with van der Waals surface area (Å²) in [6.45, 7) is 2.13. The molecule has 0 bridgehead atoms. The molecule has 1 aromatic rings. The van der Waals surface area contributed by atoms with Crippen LogP contribution in [0.2, 0.25) is 5.02 Å². The minimum atomic E-state index is -0.349. The minimum absolute atomic E-state index is 0.207. The number of nitrogens with one attached hydrogen (secondary N) is 1. The topological polar surface area (TPSA) is 12.0 Å². The molecule has 1 aromatic carbocycles. The van der Waals surface area contributed by atoms with E-state index in [9.17, 15) is 4.39 Å². The van der Waals surface area contributed by atoms with Crippen LogP contribution in [0.15, 0.2) is 18.2 Å². The lowest BCUT2D eigenvalue weighted by atomic mass is 9.92. The van der Waals surface area contributed by atoms with Crippen LogP contribution in [0.1, 0.15) is 24.9 Å². The predicted octanol–water partition coefficient (Wildman–Crippen LogP) is 2.90. The van der Waals surface area contributed by atoms with Crippen molar-refractivity contribution in [2.45, 2.75) is 25.4 Å². The van der Waals surface area contributed by atoms with Gasteiger partial charge in [0, 0.05) is 12.1 Å². The van der Waals surface area contributed by atoms with Crippen LogP contribution in [0.25, 0.3) is 0 Å². The van der Waals surface area contributed by atoms with Crippen molar-refractivity contribution in [1.82, 2.24) is 5.32 Å². The van der Waals surface area contributed by atoms with E-state index in [-0.39, 0.29) is 10.8 Å². The zero-order valence-electron chi connectivity index (χ0n) is 7.35. The molecule has 0 amide bonds. The lowest BCUT2D eigenvalue weighted by molar-refractivity contribution is 0.287. The van der Waals surface area contributed by atoms with Gasteiger partial charge in [-0.3, -0.25) is 0 Å². The predicted molar refractivity (Wildman–Crippen MR) is 51.4 cm³/mol. The van der Waals surface area contributed by atoms with Crippen molar-refractivity contribution in [1.29, 1.82) is 0 Å². The fourth-order valence-corrected chi connectivity index (χ4v) is 1.82. The Morgan fingerprint density at radius 3 is 2.77 bits per heavy atom. The molecule has 2 atom stereocenters. The summed E-state index contributed by atoms with van der Waals surface area (Å²) >= 11 is 5.67. The Labute approximate surface area is 81.9 Å². The van der Waals surface area contributed by atoms with Crippen molar-refractivity contribution in [2.24, 2.45) is 0 Å². The SMILES string of the molecule is CC1CC(c2ccc(F)c(Cl)c2)N1. The molecule has 1 N–H and O–H groups in total. The highest BCUT2D eigenvalue weighted by molar-refractivity contribution is 6.30. The molecule has 0 saturated carbocycles. The van der Waals surface area contributed by atoms with Crippen molar-refractivity contribution in [3.8, 4) is 0 Å². The Bertz CT molecular complexity index is 321. The third-order valence-electron chi connectivity index (χ3n) is 2.42. The molecule has 1 aliphatic rings. The van der Waals surface area contributed by atoms with Gasteiger partial charge in [-0.2, -0.15) is 0 Å². The lowest BCUT2D eigenvalue weighted by Gasteiger charge is -2.35. The Kier molecular flexibility index (Phi) is 2.26. The first-order valence-corrected chi connectivity index (χ1v) is 4.75. The van der Waals surface area contributed by atoms with Crippen LogP contribution in [0.5, 0.6) is 0 Å². The fourth-order valence-electron chi connectivity index (χ4n) is 1.63. The highest BCUT2D eigenvalue weighted by Gasteiger charge is 2.25. The molecule has 1 heterocycles. The van der Waals surface area contributed by atoms with E-state index < -0.39 is 0 Å². The van der Waals surface area contributed by atoms with Crippen LogP contribution in [0.4, 0.5) is 4.39 Å². The Morgan fingerprint density at radius 1 is 1.54 bits per heavy atom. The van der Waals surface area contributed by atoms with Gasteiger partial charge < -0.3 is 5.32 Å². The van der Waals surface area contributed by atoms with E-state index >= 15 is 0 Å². The smallest absolute Gasteiger partial charge is 0.141 e.